The number of β-amino-alcohol motifs (C(OH)–C–C–N with tert-alkyl or cyclic N) is 1. The van der Waals surface area contributed by atoms with Crippen LogP contribution in [0.25, 0.3) is 0 Å². The van der Waals surface area contributed by atoms with E-state index in [0.717, 1.165) is 25.1 Å². The van der Waals surface area contributed by atoms with E-state index < -0.39 is 12.0 Å². The zero-order valence-electron chi connectivity index (χ0n) is 20.0. The monoisotopic (exact) mass is 485 g/mol. The predicted molar refractivity (Wildman–Crippen MR) is 129 cm³/mol. The molecule has 0 radical (unpaired) electrons. The second kappa shape index (κ2) is 10.2. The van der Waals surface area contributed by atoms with E-state index >= 15 is 0 Å². The second-order valence-electron chi connectivity index (χ2n) is 10.0. The van der Waals surface area contributed by atoms with E-state index in [9.17, 15) is 18.7 Å². The van der Waals surface area contributed by atoms with Gasteiger partial charge in [-0.1, -0.05) is 30.3 Å². The molecule has 0 aliphatic carbocycles. The first-order valence-corrected chi connectivity index (χ1v) is 12.5. The number of hydrogen-bond donors (Lipinski definition) is 1. The molecule has 35 heavy (non-hydrogen) atoms. The first-order chi connectivity index (χ1) is 16.9. The number of ether oxygens (including phenoxy) is 1. The highest BCUT2D eigenvalue weighted by Gasteiger charge is 2.35. The van der Waals surface area contributed by atoms with Gasteiger partial charge in [0.25, 0.3) is 11.8 Å². The van der Waals surface area contributed by atoms with Crippen LogP contribution in [0.5, 0.6) is 5.75 Å². The molecule has 3 heterocycles. The molecule has 2 aromatic rings. The molecular formula is C27H33F2N3O3. The van der Waals surface area contributed by atoms with Crippen LogP contribution in [0.3, 0.4) is 0 Å². The summed E-state index contributed by atoms with van der Waals surface area (Å²) in [5, 5.41) is 10.8. The Labute approximate surface area is 205 Å². The summed E-state index contributed by atoms with van der Waals surface area (Å²) >= 11 is 0. The number of carbonyl (C=O) groups is 1. The zero-order chi connectivity index (χ0) is 24.4. The number of hydrogen-bond acceptors (Lipinski definition) is 5. The van der Waals surface area contributed by atoms with Crippen molar-refractivity contribution in [2.24, 2.45) is 0 Å². The number of carbonyl (C=O) groups excluding carboxylic acids is 1. The smallest absolute Gasteiger partial charge is 0.260 e. The summed E-state index contributed by atoms with van der Waals surface area (Å²) in [6.07, 6.45) is 0.724. The summed E-state index contributed by atoms with van der Waals surface area (Å²) < 4.78 is 33.4. The molecule has 1 N–H and O–H groups in total. The molecule has 8 heteroatoms. The van der Waals surface area contributed by atoms with Crippen molar-refractivity contribution in [1.29, 1.82) is 0 Å². The van der Waals surface area contributed by atoms with Gasteiger partial charge in [0, 0.05) is 39.1 Å². The van der Waals surface area contributed by atoms with E-state index in [2.05, 4.69) is 23.1 Å². The molecule has 188 valence electrons. The Kier molecular flexibility index (Phi) is 7.05. The fourth-order valence-corrected chi connectivity index (χ4v) is 5.43. The summed E-state index contributed by atoms with van der Waals surface area (Å²) in [6, 6.07) is 13.7. The quantitative estimate of drug-likeness (QED) is 0.681. The number of aliphatic hydroxyl groups excluding tert-OH is 1. The predicted octanol–water partition coefficient (Wildman–Crippen LogP) is 3.17. The van der Waals surface area contributed by atoms with Crippen LogP contribution >= 0.6 is 0 Å². The molecule has 0 saturated carbocycles. The number of rotatable bonds is 6. The van der Waals surface area contributed by atoms with E-state index in [1.165, 1.54) is 11.1 Å². The maximum atomic E-state index is 13.8. The largest absolute Gasteiger partial charge is 0.491 e. The summed E-state index contributed by atoms with van der Waals surface area (Å²) in [4.78, 5) is 18.9. The van der Waals surface area contributed by atoms with Crippen molar-refractivity contribution in [3.05, 3.63) is 64.7 Å². The molecule has 1 amide bonds. The van der Waals surface area contributed by atoms with Gasteiger partial charge in [-0.05, 0) is 48.2 Å². The maximum absolute atomic E-state index is 13.8. The first kappa shape index (κ1) is 24.2. The van der Waals surface area contributed by atoms with Gasteiger partial charge in [0.05, 0.1) is 24.8 Å². The van der Waals surface area contributed by atoms with Crippen LogP contribution < -0.4 is 4.74 Å². The Hall–Kier alpha value is -2.55. The number of nitrogens with zero attached hydrogens (tertiary/aromatic N) is 3. The van der Waals surface area contributed by atoms with E-state index in [4.69, 9.17) is 4.74 Å². The van der Waals surface area contributed by atoms with E-state index in [1.807, 2.05) is 12.1 Å². The van der Waals surface area contributed by atoms with Gasteiger partial charge >= 0.3 is 0 Å². The molecule has 3 aliphatic heterocycles. The molecule has 1 fully saturated rings. The Morgan fingerprint density at radius 3 is 2.69 bits per heavy atom. The molecule has 0 spiro atoms. The third kappa shape index (κ3) is 5.82. The van der Waals surface area contributed by atoms with Gasteiger partial charge in [-0.25, -0.2) is 8.78 Å². The van der Waals surface area contributed by atoms with Gasteiger partial charge < -0.3 is 14.7 Å². The second-order valence-corrected chi connectivity index (χ2v) is 10.0. The van der Waals surface area contributed by atoms with Crippen LogP contribution in [0.2, 0.25) is 0 Å². The van der Waals surface area contributed by atoms with Gasteiger partial charge in [0.1, 0.15) is 12.4 Å². The highest BCUT2D eigenvalue weighted by molar-refractivity contribution is 5.97. The number of likely N-dealkylation sites (tertiary alicyclic amines) is 1. The van der Waals surface area contributed by atoms with Crippen molar-refractivity contribution in [2.45, 2.75) is 44.4 Å². The summed E-state index contributed by atoms with van der Waals surface area (Å²) in [5.74, 6) is -2.33. The zero-order valence-corrected chi connectivity index (χ0v) is 20.0. The minimum absolute atomic E-state index is 0.0575. The number of fused-ring (bicyclic) bond motifs is 2. The number of amides is 1. The van der Waals surface area contributed by atoms with E-state index in [-0.39, 0.29) is 25.4 Å². The maximum Gasteiger partial charge on any atom is 0.260 e. The number of halogens is 2. The van der Waals surface area contributed by atoms with Crippen LogP contribution in [0.15, 0.2) is 42.5 Å². The summed E-state index contributed by atoms with van der Waals surface area (Å²) in [6.45, 7) is 3.96. The highest BCUT2D eigenvalue weighted by Crippen LogP contribution is 2.30. The van der Waals surface area contributed by atoms with E-state index in [1.54, 1.807) is 21.9 Å². The number of alkyl halides is 2. The third-order valence-corrected chi connectivity index (χ3v) is 7.17. The Balaban J connectivity index is 1.19. The molecule has 3 aliphatic rings. The molecule has 6 nitrogen and oxygen atoms in total. The molecule has 0 aromatic heterocycles. The fraction of sp³-hybridized carbons (Fsp3) is 0.519. The van der Waals surface area contributed by atoms with Gasteiger partial charge in [-0.2, -0.15) is 0 Å². The molecule has 1 unspecified atom stereocenters. The van der Waals surface area contributed by atoms with E-state index in [0.29, 0.717) is 50.5 Å². The van der Waals surface area contributed by atoms with Gasteiger partial charge in [-0.15, -0.1) is 0 Å². The topological polar surface area (TPSA) is 56.3 Å². The van der Waals surface area contributed by atoms with Crippen LogP contribution in [0.4, 0.5) is 8.78 Å². The molecule has 0 bridgehead atoms. The first-order valence-electron chi connectivity index (χ1n) is 12.5. The van der Waals surface area contributed by atoms with Crippen molar-refractivity contribution in [1.82, 2.24) is 14.7 Å². The minimum atomic E-state index is -2.64. The summed E-state index contributed by atoms with van der Waals surface area (Å²) in [7, 11) is 0. The Morgan fingerprint density at radius 2 is 1.86 bits per heavy atom. The van der Waals surface area contributed by atoms with Crippen molar-refractivity contribution < 1.29 is 23.4 Å². The normalized spacial score (nSPS) is 21.6. The van der Waals surface area contributed by atoms with Gasteiger partial charge in [0.15, 0.2) is 0 Å². The number of aliphatic hydroxyl groups is 1. The number of benzene rings is 2. The lowest BCUT2D eigenvalue weighted by Crippen LogP contribution is -2.44. The van der Waals surface area contributed by atoms with Crippen LogP contribution in [-0.4, -0.2) is 83.6 Å². The fourth-order valence-electron chi connectivity index (χ4n) is 5.43. The number of piperidine rings is 1. The average Bonchev–Trinajstić information content (AvgIpc) is 2.97. The lowest BCUT2D eigenvalue weighted by molar-refractivity contribution is -0.0661. The van der Waals surface area contributed by atoms with Crippen molar-refractivity contribution in [2.75, 3.05) is 45.9 Å². The van der Waals surface area contributed by atoms with Crippen molar-refractivity contribution in [3.8, 4) is 5.75 Å². The molecule has 1 atom stereocenters. The lowest BCUT2D eigenvalue weighted by Gasteiger charge is -2.32. The highest BCUT2D eigenvalue weighted by atomic mass is 19.3. The van der Waals surface area contributed by atoms with Gasteiger partial charge in [0.2, 0.25) is 0 Å². The van der Waals surface area contributed by atoms with Crippen molar-refractivity contribution in [3.63, 3.8) is 0 Å². The molecule has 5 rings (SSSR count). The van der Waals surface area contributed by atoms with Gasteiger partial charge in [-0.3, -0.25) is 14.6 Å². The molecule has 1 saturated heterocycles. The SMILES string of the molecule is O=C1c2ccc(CN3CCCC(F)(F)C3)cc2OCCN1CC(O)CN1CCc2ccccc2C1. The minimum Gasteiger partial charge on any atom is -0.491 e. The average molecular weight is 486 g/mol. The lowest BCUT2D eigenvalue weighted by atomic mass is 10.00. The van der Waals surface area contributed by atoms with Crippen molar-refractivity contribution >= 4 is 5.91 Å². The molecular weight excluding hydrogens is 452 g/mol. The summed E-state index contributed by atoms with van der Waals surface area (Å²) in [5.41, 5.74) is 3.97. The Morgan fingerprint density at radius 1 is 1.03 bits per heavy atom. The van der Waals surface area contributed by atoms with Crippen LogP contribution in [-0.2, 0) is 19.5 Å². The standard InChI is InChI=1S/C27H33F2N3O3/c28-27(29)9-3-10-31(19-27)15-20-6-7-24-25(14-20)35-13-12-32(26(24)34)18-23(33)17-30-11-8-21-4-1-2-5-22(21)16-30/h1-2,4-7,14,23,33H,3,8-13,15-19H2. The van der Waals surface area contributed by atoms with Crippen LogP contribution in [0.1, 0.15) is 39.9 Å². The molecule has 2 aromatic carbocycles. The van der Waals surface area contributed by atoms with Crippen LogP contribution in [0, 0.1) is 0 Å². The Bertz CT molecular complexity index is 1060. The third-order valence-electron chi connectivity index (χ3n) is 7.17.